The second-order valence-electron chi connectivity index (χ2n) is 7.85. The van der Waals surface area contributed by atoms with E-state index in [4.69, 9.17) is 16.3 Å². The van der Waals surface area contributed by atoms with Gasteiger partial charge in [-0.05, 0) is 73.1 Å². The number of amides is 1. The summed E-state index contributed by atoms with van der Waals surface area (Å²) in [4.78, 5) is 12.9. The van der Waals surface area contributed by atoms with Crippen molar-refractivity contribution >= 4 is 23.1 Å². The number of hydrogen-bond donors (Lipinski definition) is 2. The fourth-order valence-corrected chi connectivity index (χ4v) is 4.54. The molecular formula is C23H23ClFNO3. The van der Waals surface area contributed by atoms with E-state index in [2.05, 4.69) is 5.32 Å². The standard InChI is InChI=1S/C23H23ClFNO3/c1-13-3-4-14(15-5-6-19(25)18(24)12-15)11-17(13)20-21(27)23(26-22(20)28)9-7-16(29-2)8-10-23/h3-6,11-12,16,27H,7-10H2,1-2H3,(H,26,28). The summed E-state index contributed by atoms with van der Waals surface area (Å²) in [5.74, 6) is -0.642. The minimum absolute atomic E-state index is 0.0409. The van der Waals surface area contributed by atoms with Gasteiger partial charge in [-0.15, -0.1) is 0 Å². The minimum Gasteiger partial charge on any atom is -0.509 e. The van der Waals surface area contributed by atoms with E-state index in [9.17, 15) is 14.3 Å². The molecule has 1 amide bonds. The molecule has 29 heavy (non-hydrogen) atoms. The number of aryl methyl sites for hydroxylation is 1. The van der Waals surface area contributed by atoms with Gasteiger partial charge in [0.1, 0.15) is 11.6 Å². The summed E-state index contributed by atoms with van der Waals surface area (Å²) in [6.45, 7) is 1.90. The van der Waals surface area contributed by atoms with E-state index in [-0.39, 0.29) is 22.8 Å². The van der Waals surface area contributed by atoms with Crippen LogP contribution in [0.25, 0.3) is 16.7 Å². The van der Waals surface area contributed by atoms with Gasteiger partial charge >= 0.3 is 0 Å². The Balaban J connectivity index is 1.75. The fraction of sp³-hybridized carbons (Fsp3) is 0.348. The summed E-state index contributed by atoms with van der Waals surface area (Å²) in [5.41, 5.74) is 2.68. The zero-order valence-electron chi connectivity index (χ0n) is 16.4. The Morgan fingerprint density at radius 2 is 1.83 bits per heavy atom. The highest BCUT2D eigenvalue weighted by atomic mass is 35.5. The first-order valence-electron chi connectivity index (χ1n) is 9.70. The summed E-state index contributed by atoms with van der Waals surface area (Å²) in [6.07, 6.45) is 2.99. The minimum atomic E-state index is -0.719. The van der Waals surface area contributed by atoms with Crippen LogP contribution in [0.3, 0.4) is 0 Å². The summed E-state index contributed by atoms with van der Waals surface area (Å²) in [7, 11) is 1.69. The Labute approximate surface area is 174 Å². The van der Waals surface area contributed by atoms with Crippen LogP contribution in [0.1, 0.15) is 36.8 Å². The van der Waals surface area contributed by atoms with Crippen LogP contribution in [0.4, 0.5) is 4.39 Å². The quantitative estimate of drug-likeness (QED) is 0.726. The number of methoxy groups -OCH3 is 1. The van der Waals surface area contributed by atoms with Crippen LogP contribution in [-0.2, 0) is 9.53 Å². The number of benzene rings is 2. The van der Waals surface area contributed by atoms with Crippen molar-refractivity contribution in [1.82, 2.24) is 5.32 Å². The Hall–Kier alpha value is -2.37. The van der Waals surface area contributed by atoms with Crippen LogP contribution in [0, 0.1) is 12.7 Å². The molecule has 2 N–H and O–H groups in total. The van der Waals surface area contributed by atoms with Gasteiger partial charge in [0.25, 0.3) is 5.91 Å². The number of nitrogens with one attached hydrogen (secondary N) is 1. The van der Waals surface area contributed by atoms with Crippen molar-refractivity contribution in [2.75, 3.05) is 7.11 Å². The molecule has 0 aromatic heterocycles. The molecular weight excluding hydrogens is 393 g/mol. The van der Waals surface area contributed by atoms with Crippen molar-refractivity contribution in [2.45, 2.75) is 44.2 Å². The third-order valence-corrected chi connectivity index (χ3v) is 6.44. The fourth-order valence-electron chi connectivity index (χ4n) is 4.36. The van der Waals surface area contributed by atoms with Gasteiger partial charge in [0.2, 0.25) is 0 Å². The number of carbonyl (C=O) groups excluding carboxylic acids is 1. The van der Waals surface area contributed by atoms with Gasteiger partial charge in [-0.3, -0.25) is 4.79 Å². The number of aliphatic hydroxyl groups excluding tert-OH is 1. The molecule has 4 nitrogen and oxygen atoms in total. The van der Waals surface area contributed by atoms with Crippen molar-refractivity contribution in [3.8, 4) is 11.1 Å². The Bertz CT molecular complexity index is 1010. The topological polar surface area (TPSA) is 58.6 Å². The molecule has 0 bridgehead atoms. The monoisotopic (exact) mass is 415 g/mol. The number of halogens is 2. The molecule has 1 aliphatic heterocycles. The predicted octanol–water partition coefficient (Wildman–Crippen LogP) is 5.18. The average Bonchev–Trinajstić information content (AvgIpc) is 2.95. The molecule has 1 saturated carbocycles. The Kier molecular flexibility index (Phi) is 5.13. The highest BCUT2D eigenvalue weighted by Crippen LogP contribution is 2.43. The van der Waals surface area contributed by atoms with Gasteiger partial charge in [-0.25, -0.2) is 4.39 Å². The Morgan fingerprint density at radius 1 is 1.17 bits per heavy atom. The molecule has 2 aromatic rings. The van der Waals surface area contributed by atoms with Crippen LogP contribution >= 0.6 is 11.6 Å². The molecule has 0 unspecified atom stereocenters. The molecule has 6 heteroatoms. The maximum atomic E-state index is 13.5. The van der Waals surface area contributed by atoms with Crippen LogP contribution in [0.2, 0.25) is 5.02 Å². The van der Waals surface area contributed by atoms with Gasteiger partial charge in [0.15, 0.2) is 0 Å². The molecule has 1 heterocycles. The van der Waals surface area contributed by atoms with Crippen molar-refractivity contribution in [2.24, 2.45) is 0 Å². The third kappa shape index (κ3) is 3.43. The summed E-state index contributed by atoms with van der Waals surface area (Å²) < 4.78 is 18.9. The van der Waals surface area contributed by atoms with Crippen molar-refractivity contribution in [3.63, 3.8) is 0 Å². The summed E-state index contributed by atoms with van der Waals surface area (Å²) in [6, 6.07) is 10.2. The van der Waals surface area contributed by atoms with E-state index in [0.29, 0.717) is 24.0 Å². The number of carbonyl (C=O) groups is 1. The number of aliphatic hydroxyl groups is 1. The lowest BCUT2D eigenvalue weighted by Gasteiger charge is -2.36. The SMILES string of the molecule is COC1CCC2(CC1)NC(=O)C(c1cc(-c3ccc(F)c(Cl)c3)ccc1C)=C2O. The van der Waals surface area contributed by atoms with Crippen molar-refractivity contribution in [1.29, 1.82) is 0 Å². The van der Waals surface area contributed by atoms with E-state index in [0.717, 1.165) is 29.5 Å². The van der Waals surface area contributed by atoms with Gasteiger partial charge < -0.3 is 15.2 Å². The lowest BCUT2D eigenvalue weighted by molar-refractivity contribution is -0.116. The second-order valence-corrected chi connectivity index (χ2v) is 8.26. The third-order valence-electron chi connectivity index (χ3n) is 6.15. The van der Waals surface area contributed by atoms with Crippen LogP contribution < -0.4 is 5.32 Å². The molecule has 0 radical (unpaired) electrons. The van der Waals surface area contributed by atoms with Crippen molar-refractivity contribution < 1.29 is 19.0 Å². The Morgan fingerprint density at radius 3 is 2.48 bits per heavy atom. The first-order valence-corrected chi connectivity index (χ1v) is 10.1. The zero-order valence-corrected chi connectivity index (χ0v) is 17.1. The maximum Gasteiger partial charge on any atom is 0.256 e. The normalized spacial score (nSPS) is 24.3. The first-order chi connectivity index (χ1) is 13.8. The largest absolute Gasteiger partial charge is 0.509 e. The zero-order chi connectivity index (χ0) is 20.8. The summed E-state index contributed by atoms with van der Waals surface area (Å²) >= 11 is 5.93. The van der Waals surface area contributed by atoms with Crippen molar-refractivity contribution in [3.05, 3.63) is 64.1 Å². The number of hydrogen-bond acceptors (Lipinski definition) is 3. The van der Waals surface area contributed by atoms with E-state index >= 15 is 0 Å². The lowest BCUT2D eigenvalue weighted by Crippen LogP contribution is -2.48. The molecule has 1 aliphatic carbocycles. The van der Waals surface area contributed by atoms with Gasteiger partial charge in [-0.2, -0.15) is 0 Å². The molecule has 4 rings (SSSR count). The molecule has 2 aromatic carbocycles. The lowest BCUT2D eigenvalue weighted by atomic mass is 9.79. The van der Waals surface area contributed by atoms with E-state index < -0.39 is 11.4 Å². The predicted molar refractivity (Wildman–Crippen MR) is 111 cm³/mol. The van der Waals surface area contributed by atoms with E-state index in [1.54, 1.807) is 19.2 Å². The molecule has 1 fully saturated rings. The van der Waals surface area contributed by atoms with Gasteiger partial charge in [-0.1, -0.05) is 29.8 Å². The molecule has 0 saturated heterocycles. The van der Waals surface area contributed by atoms with Gasteiger partial charge in [0, 0.05) is 7.11 Å². The number of rotatable bonds is 3. The van der Waals surface area contributed by atoms with E-state index in [1.165, 1.54) is 6.07 Å². The molecule has 0 atom stereocenters. The molecule has 152 valence electrons. The average molecular weight is 416 g/mol. The van der Waals surface area contributed by atoms with E-state index in [1.807, 2.05) is 25.1 Å². The number of ether oxygens (including phenoxy) is 1. The maximum absolute atomic E-state index is 13.5. The van der Waals surface area contributed by atoms with Crippen LogP contribution in [0.15, 0.2) is 42.2 Å². The molecule has 1 spiro atoms. The first kappa shape index (κ1) is 19.9. The smallest absolute Gasteiger partial charge is 0.256 e. The highest BCUT2D eigenvalue weighted by molar-refractivity contribution is 6.31. The van der Waals surface area contributed by atoms with Crippen LogP contribution in [-0.4, -0.2) is 29.8 Å². The van der Waals surface area contributed by atoms with Crippen LogP contribution in [0.5, 0.6) is 0 Å². The molecule has 2 aliphatic rings. The van der Waals surface area contributed by atoms with Gasteiger partial charge in [0.05, 0.1) is 22.2 Å². The summed E-state index contributed by atoms with van der Waals surface area (Å²) in [5, 5.41) is 14.2. The highest BCUT2D eigenvalue weighted by Gasteiger charge is 2.48. The second kappa shape index (κ2) is 7.47.